The molecule has 0 aliphatic heterocycles. The van der Waals surface area contributed by atoms with E-state index in [4.69, 9.17) is 17.3 Å². The normalized spacial score (nSPS) is 10.7. The van der Waals surface area contributed by atoms with Crippen molar-refractivity contribution in [3.05, 3.63) is 30.1 Å². The van der Waals surface area contributed by atoms with Crippen molar-refractivity contribution >= 4 is 28.7 Å². The van der Waals surface area contributed by atoms with E-state index in [1.54, 1.807) is 0 Å². The average Bonchev–Trinajstić information content (AvgIpc) is 2.68. The van der Waals surface area contributed by atoms with Crippen LogP contribution in [0.25, 0.3) is 11.0 Å². The number of fused-ring (bicyclic) bond motifs is 1. The number of alkyl halides is 1. The minimum Gasteiger partial charge on any atom is -0.352 e. The predicted octanol–water partition coefficient (Wildman–Crippen LogP) is 1.49. The van der Waals surface area contributed by atoms with Crippen LogP contribution in [0.3, 0.4) is 0 Å². The highest BCUT2D eigenvalue weighted by molar-refractivity contribution is 6.17. The van der Waals surface area contributed by atoms with E-state index in [-0.39, 0.29) is 0 Å². The monoisotopic (exact) mass is 266 g/mol. The number of aromatic nitrogens is 2. The van der Waals surface area contributed by atoms with Crippen molar-refractivity contribution < 1.29 is 4.79 Å². The van der Waals surface area contributed by atoms with Crippen LogP contribution in [0.4, 0.5) is 4.79 Å². The van der Waals surface area contributed by atoms with Crippen LogP contribution in [0.1, 0.15) is 5.82 Å². The molecule has 0 saturated heterocycles. The molecule has 0 fully saturated rings. The van der Waals surface area contributed by atoms with Crippen LogP contribution in [-0.4, -0.2) is 28.0 Å². The molecule has 1 heterocycles. The third-order valence-electron chi connectivity index (χ3n) is 2.69. The molecule has 0 saturated carbocycles. The zero-order chi connectivity index (χ0) is 13.0. The molecule has 0 aliphatic carbocycles. The minimum absolute atomic E-state index is 0.477. The molecule has 1 aromatic heterocycles. The van der Waals surface area contributed by atoms with Gasteiger partial charge in [0.25, 0.3) is 0 Å². The van der Waals surface area contributed by atoms with Gasteiger partial charge in [0, 0.05) is 25.4 Å². The molecule has 18 heavy (non-hydrogen) atoms. The number of halogens is 1. The summed E-state index contributed by atoms with van der Waals surface area (Å²) in [5.41, 5.74) is 7.03. The Morgan fingerprint density at radius 3 is 2.94 bits per heavy atom. The number of nitrogens with two attached hydrogens (primary N) is 1. The highest BCUT2D eigenvalue weighted by Gasteiger charge is 2.09. The van der Waals surface area contributed by atoms with Gasteiger partial charge < -0.3 is 15.6 Å². The lowest BCUT2D eigenvalue weighted by Gasteiger charge is -2.08. The number of nitrogens with zero attached hydrogens (tertiary/aromatic N) is 2. The molecule has 6 heteroatoms. The summed E-state index contributed by atoms with van der Waals surface area (Å²) in [6.45, 7) is 1.11. The zero-order valence-corrected chi connectivity index (χ0v) is 10.7. The van der Waals surface area contributed by atoms with E-state index in [9.17, 15) is 4.79 Å². The smallest absolute Gasteiger partial charge is 0.312 e. The number of carbonyl (C=O) groups is 1. The van der Waals surface area contributed by atoms with Crippen LogP contribution in [0.15, 0.2) is 24.3 Å². The van der Waals surface area contributed by atoms with Gasteiger partial charge in [0.1, 0.15) is 5.82 Å². The number of amides is 2. The first-order valence-electron chi connectivity index (χ1n) is 5.76. The summed E-state index contributed by atoms with van der Waals surface area (Å²) in [5.74, 6) is 1.45. The van der Waals surface area contributed by atoms with E-state index in [1.165, 1.54) is 0 Å². The quantitative estimate of drug-likeness (QED) is 0.805. The zero-order valence-electron chi connectivity index (χ0n) is 9.90. The maximum Gasteiger partial charge on any atom is 0.312 e. The summed E-state index contributed by atoms with van der Waals surface area (Å²) in [7, 11) is 0. The maximum atomic E-state index is 10.7. The molecule has 3 N–H and O–H groups in total. The molecule has 0 atom stereocenters. The number of urea groups is 1. The molecule has 2 aromatic rings. The largest absolute Gasteiger partial charge is 0.352 e. The molecule has 0 spiro atoms. The van der Waals surface area contributed by atoms with Gasteiger partial charge in [-0.05, 0) is 12.1 Å². The number of imidazole rings is 1. The molecule has 0 radical (unpaired) electrons. The molecular formula is C12H15ClN4O. The summed E-state index contributed by atoms with van der Waals surface area (Å²) in [6.07, 6.45) is 0.701. The number of primary amides is 1. The second-order valence-corrected chi connectivity index (χ2v) is 4.28. The van der Waals surface area contributed by atoms with Crippen molar-refractivity contribution in [2.45, 2.75) is 13.0 Å². The minimum atomic E-state index is -0.515. The summed E-state index contributed by atoms with van der Waals surface area (Å²) in [6, 6.07) is 7.37. The predicted molar refractivity (Wildman–Crippen MR) is 71.7 cm³/mol. The van der Waals surface area contributed by atoms with Crippen LogP contribution >= 0.6 is 11.6 Å². The summed E-state index contributed by atoms with van der Waals surface area (Å²) in [5, 5.41) is 2.58. The Bertz CT molecular complexity index is 552. The summed E-state index contributed by atoms with van der Waals surface area (Å²) < 4.78 is 2.06. The van der Waals surface area contributed by atoms with Gasteiger partial charge in [-0.3, -0.25) is 0 Å². The van der Waals surface area contributed by atoms with E-state index < -0.39 is 6.03 Å². The second kappa shape index (κ2) is 5.73. The molecule has 0 bridgehead atoms. The lowest BCUT2D eigenvalue weighted by molar-refractivity contribution is 0.248. The van der Waals surface area contributed by atoms with Gasteiger partial charge in [-0.15, -0.1) is 11.6 Å². The van der Waals surface area contributed by atoms with Crippen molar-refractivity contribution in [3.63, 3.8) is 0 Å². The Hall–Kier alpha value is -1.75. The van der Waals surface area contributed by atoms with Gasteiger partial charge >= 0.3 is 6.03 Å². The molecule has 2 amide bonds. The molecule has 96 valence electrons. The molecule has 5 nitrogen and oxygen atoms in total. The van der Waals surface area contributed by atoms with Crippen LogP contribution in [-0.2, 0) is 13.0 Å². The Morgan fingerprint density at radius 2 is 2.22 bits per heavy atom. The third-order valence-corrected chi connectivity index (χ3v) is 2.88. The van der Waals surface area contributed by atoms with Crippen molar-refractivity contribution in [1.29, 1.82) is 0 Å². The average molecular weight is 267 g/mol. The van der Waals surface area contributed by atoms with Gasteiger partial charge in [-0.25, -0.2) is 9.78 Å². The second-order valence-electron chi connectivity index (χ2n) is 3.90. The Labute approximate surface area is 110 Å². The van der Waals surface area contributed by atoms with Crippen LogP contribution in [0.2, 0.25) is 0 Å². The fraction of sp³-hybridized carbons (Fsp3) is 0.333. The Morgan fingerprint density at radius 1 is 1.44 bits per heavy atom. The number of carbonyl (C=O) groups excluding carboxylic acids is 1. The van der Waals surface area contributed by atoms with Crippen molar-refractivity contribution in [2.24, 2.45) is 5.73 Å². The Balaban J connectivity index is 2.26. The van der Waals surface area contributed by atoms with Gasteiger partial charge in [0.2, 0.25) is 0 Å². The number of aryl methyl sites for hydroxylation is 1. The topological polar surface area (TPSA) is 72.9 Å². The van der Waals surface area contributed by atoms with E-state index in [1.807, 2.05) is 24.3 Å². The first-order chi connectivity index (χ1) is 8.72. The lowest BCUT2D eigenvalue weighted by Crippen LogP contribution is -2.32. The molecule has 0 aliphatic rings. The summed E-state index contributed by atoms with van der Waals surface area (Å²) >= 11 is 5.78. The highest BCUT2D eigenvalue weighted by Crippen LogP contribution is 2.16. The first-order valence-corrected chi connectivity index (χ1v) is 6.29. The summed E-state index contributed by atoms with van der Waals surface area (Å²) in [4.78, 5) is 15.2. The molecular weight excluding hydrogens is 252 g/mol. The van der Waals surface area contributed by atoms with Crippen molar-refractivity contribution in [1.82, 2.24) is 14.9 Å². The van der Waals surface area contributed by atoms with Gasteiger partial charge in [-0.1, -0.05) is 12.1 Å². The van der Waals surface area contributed by atoms with Crippen LogP contribution < -0.4 is 11.1 Å². The number of benzene rings is 1. The SMILES string of the molecule is NC(=O)NCCn1c(CCCl)nc2ccccc21. The van der Waals surface area contributed by atoms with Crippen LogP contribution in [0.5, 0.6) is 0 Å². The number of para-hydroxylation sites is 2. The number of hydrogen-bond donors (Lipinski definition) is 2. The first kappa shape index (κ1) is 12.7. The van der Waals surface area contributed by atoms with Crippen molar-refractivity contribution in [2.75, 3.05) is 12.4 Å². The fourth-order valence-electron chi connectivity index (χ4n) is 1.94. The fourth-order valence-corrected chi connectivity index (χ4v) is 2.11. The van der Waals surface area contributed by atoms with Gasteiger partial charge in [0.05, 0.1) is 11.0 Å². The number of nitrogens with one attached hydrogen (secondary N) is 1. The lowest BCUT2D eigenvalue weighted by atomic mass is 10.3. The molecule has 2 rings (SSSR count). The maximum absolute atomic E-state index is 10.7. The molecule has 1 aromatic carbocycles. The highest BCUT2D eigenvalue weighted by atomic mass is 35.5. The van der Waals surface area contributed by atoms with E-state index >= 15 is 0 Å². The van der Waals surface area contributed by atoms with E-state index in [0.29, 0.717) is 25.4 Å². The van der Waals surface area contributed by atoms with Gasteiger partial charge in [-0.2, -0.15) is 0 Å². The van der Waals surface area contributed by atoms with Gasteiger partial charge in [0.15, 0.2) is 0 Å². The van der Waals surface area contributed by atoms with Crippen molar-refractivity contribution in [3.8, 4) is 0 Å². The number of hydrogen-bond acceptors (Lipinski definition) is 2. The number of rotatable bonds is 5. The van der Waals surface area contributed by atoms with E-state index in [2.05, 4.69) is 14.9 Å². The van der Waals surface area contributed by atoms with E-state index in [0.717, 1.165) is 16.9 Å². The Kier molecular flexibility index (Phi) is 4.04. The third kappa shape index (κ3) is 2.73. The standard InChI is InChI=1S/C12H15ClN4O/c13-6-5-11-16-9-3-1-2-4-10(9)17(11)8-7-15-12(14)18/h1-4H,5-8H2,(H3,14,15,18). The van der Waals surface area contributed by atoms with Crippen LogP contribution in [0, 0.1) is 0 Å². The molecule has 0 unspecified atom stereocenters.